The minimum atomic E-state index is -0.834. The number of aromatic nitrogens is 2. The molecule has 0 saturated heterocycles. The van der Waals surface area contributed by atoms with Crippen LogP contribution in [0.4, 0.5) is 0 Å². The van der Waals surface area contributed by atoms with Gasteiger partial charge in [0.2, 0.25) is 17.6 Å². The second-order valence-corrected chi connectivity index (χ2v) is 7.94. The van der Waals surface area contributed by atoms with E-state index in [4.69, 9.17) is 23.0 Å². The molecule has 4 aromatic rings. The van der Waals surface area contributed by atoms with Crippen LogP contribution >= 0.6 is 15.9 Å². The maximum atomic E-state index is 13.2. The lowest BCUT2D eigenvalue weighted by Crippen LogP contribution is -2.14. The van der Waals surface area contributed by atoms with Crippen molar-refractivity contribution in [1.29, 1.82) is 0 Å². The summed E-state index contributed by atoms with van der Waals surface area (Å²) in [6, 6.07) is 14.2. The van der Waals surface area contributed by atoms with Crippen LogP contribution in [0.1, 0.15) is 28.1 Å². The first-order valence-corrected chi connectivity index (χ1v) is 10.7. The van der Waals surface area contributed by atoms with Crippen LogP contribution in [-0.4, -0.2) is 37.3 Å². The number of furan rings is 1. The van der Waals surface area contributed by atoms with Crippen molar-refractivity contribution in [2.24, 2.45) is 0 Å². The van der Waals surface area contributed by atoms with Crippen molar-refractivity contribution in [2.45, 2.75) is 13.0 Å². The quantitative estimate of drug-likeness (QED) is 0.279. The smallest absolute Gasteiger partial charge is 0.247 e. The molecule has 9 heteroatoms. The zero-order valence-corrected chi connectivity index (χ0v) is 20.0. The predicted octanol–water partition coefficient (Wildman–Crippen LogP) is 5.66. The summed E-state index contributed by atoms with van der Waals surface area (Å²) in [6.45, 7) is 1.73. The molecule has 1 unspecified atom stereocenters. The molecule has 0 saturated carbocycles. The van der Waals surface area contributed by atoms with Gasteiger partial charge in [-0.25, -0.2) is 0 Å². The maximum absolute atomic E-state index is 13.2. The number of nitrogens with zero attached hydrogens (tertiary/aromatic N) is 2. The third kappa shape index (κ3) is 4.55. The largest absolute Gasteiger partial charge is 0.493 e. The lowest BCUT2D eigenvalue weighted by Gasteiger charge is -2.13. The van der Waals surface area contributed by atoms with E-state index in [1.165, 1.54) is 7.11 Å². The first kappa shape index (κ1) is 22.8. The molecule has 0 fully saturated rings. The molecular weight excluding hydrogens is 492 g/mol. The Balaban J connectivity index is 1.59. The number of hydrogen-bond donors (Lipinski definition) is 0. The van der Waals surface area contributed by atoms with E-state index in [0.717, 1.165) is 11.1 Å². The second-order valence-electron chi connectivity index (χ2n) is 7.09. The third-order valence-corrected chi connectivity index (χ3v) is 5.62. The molecule has 0 spiro atoms. The number of carbonyl (C=O) groups excluding carboxylic acids is 1. The van der Waals surface area contributed by atoms with E-state index < -0.39 is 6.10 Å². The van der Waals surface area contributed by atoms with Crippen LogP contribution in [0.2, 0.25) is 0 Å². The van der Waals surface area contributed by atoms with Gasteiger partial charge in [-0.2, -0.15) is 0 Å². The molecule has 0 radical (unpaired) electrons. The SMILES string of the molecule is COc1cc(-c2ccc(C(=O)C(OC)c3ccc(-c4nnc(C)o4)cc3)o2)cc(Br)c1OC. The molecule has 2 heterocycles. The van der Waals surface area contributed by atoms with Crippen LogP contribution < -0.4 is 9.47 Å². The number of aryl methyl sites for hydroxylation is 1. The Labute approximate surface area is 198 Å². The van der Waals surface area contributed by atoms with Crippen molar-refractivity contribution in [1.82, 2.24) is 10.2 Å². The highest BCUT2D eigenvalue weighted by Crippen LogP contribution is 2.40. The average molecular weight is 513 g/mol. The van der Waals surface area contributed by atoms with Gasteiger partial charge >= 0.3 is 0 Å². The van der Waals surface area contributed by atoms with Crippen LogP contribution in [0.5, 0.6) is 11.5 Å². The first-order valence-electron chi connectivity index (χ1n) is 9.94. The van der Waals surface area contributed by atoms with E-state index in [2.05, 4.69) is 26.1 Å². The van der Waals surface area contributed by atoms with Crippen molar-refractivity contribution in [3.63, 3.8) is 0 Å². The van der Waals surface area contributed by atoms with Gasteiger partial charge in [0.25, 0.3) is 0 Å². The van der Waals surface area contributed by atoms with E-state index in [1.54, 1.807) is 63.6 Å². The van der Waals surface area contributed by atoms with Gasteiger partial charge in [0.1, 0.15) is 11.9 Å². The van der Waals surface area contributed by atoms with Crippen molar-refractivity contribution < 1.29 is 27.8 Å². The molecule has 0 amide bonds. The monoisotopic (exact) mass is 512 g/mol. The second kappa shape index (κ2) is 9.60. The zero-order valence-electron chi connectivity index (χ0n) is 18.4. The molecule has 1 atom stereocenters. The molecule has 0 aliphatic carbocycles. The van der Waals surface area contributed by atoms with Crippen LogP contribution in [-0.2, 0) is 4.74 Å². The number of hydrogen-bond acceptors (Lipinski definition) is 8. The summed E-state index contributed by atoms with van der Waals surface area (Å²) in [6.07, 6.45) is -0.834. The summed E-state index contributed by atoms with van der Waals surface area (Å²) < 4.78 is 28.3. The Bertz CT molecular complexity index is 1280. The molecule has 0 aliphatic heterocycles. The highest BCUT2D eigenvalue weighted by Gasteiger charge is 2.25. The minimum absolute atomic E-state index is 0.180. The molecule has 8 nitrogen and oxygen atoms in total. The van der Waals surface area contributed by atoms with Gasteiger partial charge in [0.15, 0.2) is 17.3 Å². The zero-order chi connectivity index (χ0) is 23.5. The highest BCUT2D eigenvalue weighted by atomic mass is 79.9. The molecule has 2 aromatic heterocycles. The van der Waals surface area contributed by atoms with Crippen molar-refractivity contribution in [3.8, 4) is 34.3 Å². The third-order valence-electron chi connectivity index (χ3n) is 5.03. The number of halogens is 1. The van der Waals surface area contributed by atoms with E-state index in [9.17, 15) is 4.79 Å². The Kier molecular flexibility index (Phi) is 6.62. The van der Waals surface area contributed by atoms with Crippen molar-refractivity contribution in [3.05, 3.63) is 70.2 Å². The molecule has 33 heavy (non-hydrogen) atoms. The van der Waals surface area contributed by atoms with Crippen LogP contribution in [0.25, 0.3) is 22.8 Å². The fourth-order valence-electron chi connectivity index (χ4n) is 3.42. The molecule has 4 rings (SSSR count). The van der Waals surface area contributed by atoms with E-state index in [-0.39, 0.29) is 11.5 Å². The Morgan fingerprint density at radius 2 is 1.70 bits per heavy atom. The summed E-state index contributed by atoms with van der Waals surface area (Å²) >= 11 is 3.47. The summed E-state index contributed by atoms with van der Waals surface area (Å²) in [5.74, 6) is 2.39. The van der Waals surface area contributed by atoms with E-state index in [0.29, 0.717) is 39.1 Å². The number of ether oxygens (including phenoxy) is 3. The van der Waals surface area contributed by atoms with Gasteiger partial charge in [-0.15, -0.1) is 10.2 Å². The number of methoxy groups -OCH3 is 3. The van der Waals surface area contributed by atoms with Gasteiger partial charge in [-0.1, -0.05) is 12.1 Å². The molecule has 2 aromatic carbocycles. The van der Waals surface area contributed by atoms with Crippen molar-refractivity contribution in [2.75, 3.05) is 21.3 Å². The van der Waals surface area contributed by atoms with Gasteiger partial charge in [0.05, 0.1) is 18.7 Å². The number of Topliss-reactive ketones (excluding diaryl/α,β-unsaturated/α-hetero) is 1. The first-order chi connectivity index (χ1) is 15.9. The molecule has 0 aliphatic rings. The predicted molar refractivity (Wildman–Crippen MR) is 123 cm³/mol. The Morgan fingerprint density at radius 1 is 0.939 bits per heavy atom. The fraction of sp³-hybridized carbons (Fsp3) is 0.208. The summed E-state index contributed by atoms with van der Waals surface area (Å²) in [5, 5.41) is 7.84. The van der Waals surface area contributed by atoms with Crippen LogP contribution in [0, 0.1) is 6.92 Å². The van der Waals surface area contributed by atoms with E-state index in [1.807, 2.05) is 6.07 Å². The highest BCUT2D eigenvalue weighted by molar-refractivity contribution is 9.10. The van der Waals surface area contributed by atoms with Crippen LogP contribution in [0.3, 0.4) is 0 Å². The lowest BCUT2D eigenvalue weighted by atomic mass is 10.0. The summed E-state index contributed by atoms with van der Waals surface area (Å²) in [5.41, 5.74) is 2.15. The van der Waals surface area contributed by atoms with E-state index >= 15 is 0 Å². The minimum Gasteiger partial charge on any atom is -0.493 e. The standard InChI is InChI=1S/C24H21BrN2O6/c1-13-26-27-24(32-13)15-7-5-14(6-8-15)22(30-3)21(28)19-10-9-18(33-19)16-11-17(25)23(31-4)20(12-16)29-2/h5-12,22H,1-4H3. The van der Waals surface area contributed by atoms with Gasteiger partial charge in [-0.3, -0.25) is 4.79 Å². The number of benzene rings is 2. The molecule has 0 N–H and O–H groups in total. The summed E-state index contributed by atoms with van der Waals surface area (Å²) in [4.78, 5) is 13.2. The topological polar surface area (TPSA) is 96.8 Å². The molecule has 0 bridgehead atoms. The Morgan fingerprint density at radius 3 is 2.30 bits per heavy atom. The van der Waals surface area contributed by atoms with Crippen LogP contribution in [0.15, 0.2) is 61.8 Å². The van der Waals surface area contributed by atoms with Gasteiger partial charge in [-0.05, 0) is 57.9 Å². The van der Waals surface area contributed by atoms with Gasteiger partial charge in [0, 0.05) is 25.2 Å². The molecule has 170 valence electrons. The number of rotatable bonds is 8. The number of ketones is 1. The number of carbonyl (C=O) groups is 1. The average Bonchev–Trinajstić information content (AvgIpc) is 3.49. The fourth-order valence-corrected chi connectivity index (χ4v) is 4.03. The lowest BCUT2D eigenvalue weighted by molar-refractivity contribution is 0.0577. The van der Waals surface area contributed by atoms with Gasteiger partial charge < -0.3 is 23.0 Å². The normalized spacial score (nSPS) is 11.9. The molecular formula is C24H21BrN2O6. The Hall–Kier alpha value is -3.43. The maximum Gasteiger partial charge on any atom is 0.247 e. The summed E-state index contributed by atoms with van der Waals surface area (Å²) in [7, 11) is 4.60. The van der Waals surface area contributed by atoms with Crippen molar-refractivity contribution >= 4 is 21.7 Å².